The highest BCUT2D eigenvalue weighted by molar-refractivity contribution is 8.00. The van der Waals surface area contributed by atoms with Gasteiger partial charge in [0, 0.05) is 28.9 Å². The van der Waals surface area contributed by atoms with Crippen LogP contribution in [0.2, 0.25) is 0 Å². The Morgan fingerprint density at radius 3 is 2.44 bits per heavy atom. The average molecular weight is 357 g/mol. The van der Waals surface area contributed by atoms with Gasteiger partial charge >= 0.3 is 5.97 Å². The molecule has 3 N–H and O–H groups in total. The van der Waals surface area contributed by atoms with E-state index >= 15 is 0 Å². The van der Waals surface area contributed by atoms with Crippen molar-refractivity contribution in [3.8, 4) is 0 Å². The van der Waals surface area contributed by atoms with E-state index in [0.29, 0.717) is 11.5 Å². The topological polar surface area (TPSA) is 108 Å². The summed E-state index contributed by atoms with van der Waals surface area (Å²) in [5.41, 5.74) is 0.530. The number of pyridine rings is 1. The van der Waals surface area contributed by atoms with Crippen LogP contribution in [0, 0.1) is 0 Å². The Morgan fingerprint density at radius 1 is 1.04 bits per heavy atom. The maximum absolute atomic E-state index is 11.8. The molecule has 0 fully saturated rings. The molecule has 1 heterocycles. The minimum absolute atomic E-state index is 0.167. The Labute approximate surface area is 148 Å². The van der Waals surface area contributed by atoms with Gasteiger partial charge < -0.3 is 15.7 Å². The quantitative estimate of drug-likeness (QED) is 0.519. The fourth-order valence-electron chi connectivity index (χ4n) is 1.73. The molecule has 2 amide bonds. The van der Waals surface area contributed by atoms with Gasteiger partial charge in [0.25, 0.3) is 0 Å². The first kappa shape index (κ1) is 18.2. The highest BCUT2D eigenvalue weighted by atomic mass is 32.2. The van der Waals surface area contributed by atoms with Crippen molar-refractivity contribution in [2.45, 2.75) is 4.90 Å². The Morgan fingerprint density at radius 2 is 1.80 bits per heavy atom. The maximum atomic E-state index is 11.8. The summed E-state index contributed by atoms with van der Waals surface area (Å²) in [5.74, 6) is -1.16. The second kappa shape index (κ2) is 9.24. The molecule has 0 aliphatic rings. The largest absolute Gasteiger partial charge is 0.478 e. The zero-order valence-corrected chi connectivity index (χ0v) is 13.8. The maximum Gasteiger partial charge on any atom is 0.328 e. The molecule has 1 aromatic carbocycles. The van der Waals surface area contributed by atoms with Gasteiger partial charge in [-0.15, -0.1) is 11.8 Å². The SMILES string of the molecule is O=C(O)/C=C/C(=O)Nc1ccc(SCC(=O)Nc2ccccn2)cc1. The zero-order chi connectivity index (χ0) is 18.1. The van der Waals surface area contributed by atoms with E-state index < -0.39 is 11.9 Å². The molecular weight excluding hydrogens is 342 g/mol. The predicted octanol–water partition coefficient (Wildman–Crippen LogP) is 2.39. The summed E-state index contributed by atoms with van der Waals surface area (Å²) in [4.78, 5) is 38.5. The summed E-state index contributed by atoms with van der Waals surface area (Å²) < 4.78 is 0. The third kappa shape index (κ3) is 6.88. The molecule has 8 heteroatoms. The molecule has 0 radical (unpaired) electrons. The Kier molecular flexibility index (Phi) is 6.73. The van der Waals surface area contributed by atoms with E-state index in [2.05, 4.69) is 15.6 Å². The van der Waals surface area contributed by atoms with Gasteiger partial charge in [-0.25, -0.2) is 9.78 Å². The molecule has 128 valence electrons. The summed E-state index contributed by atoms with van der Waals surface area (Å²) in [6, 6.07) is 12.1. The molecule has 0 bridgehead atoms. The van der Waals surface area contributed by atoms with Gasteiger partial charge in [0.1, 0.15) is 5.82 Å². The fourth-order valence-corrected chi connectivity index (χ4v) is 2.43. The molecule has 2 aromatic rings. The molecule has 2 rings (SSSR count). The van der Waals surface area contributed by atoms with Crippen molar-refractivity contribution < 1.29 is 19.5 Å². The molecule has 0 atom stereocenters. The average Bonchev–Trinajstić information content (AvgIpc) is 2.60. The van der Waals surface area contributed by atoms with Crippen molar-refractivity contribution >= 4 is 41.1 Å². The summed E-state index contributed by atoms with van der Waals surface area (Å²) in [7, 11) is 0. The summed E-state index contributed by atoms with van der Waals surface area (Å²) in [5, 5.41) is 13.7. The van der Waals surface area contributed by atoms with Crippen LogP contribution in [0.4, 0.5) is 11.5 Å². The number of carbonyl (C=O) groups excluding carboxylic acids is 2. The van der Waals surface area contributed by atoms with Crippen molar-refractivity contribution in [1.29, 1.82) is 0 Å². The van der Waals surface area contributed by atoms with Gasteiger partial charge in [-0.1, -0.05) is 6.07 Å². The smallest absolute Gasteiger partial charge is 0.328 e. The van der Waals surface area contributed by atoms with Crippen LogP contribution in [0.1, 0.15) is 0 Å². The first-order valence-corrected chi connectivity index (χ1v) is 8.17. The van der Waals surface area contributed by atoms with Gasteiger partial charge in [0.05, 0.1) is 5.75 Å². The number of aliphatic carboxylic acids is 1. The van der Waals surface area contributed by atoms with Crippen molar-refractivity contribution in [3.05, 3.63) is 60.8 Å². The van der Waals surface area contributed by atoms with E-state index in [4.69, 9.17) is 5.11 Å². The lowest BCUT2D eigenvalue weighted by molar-refractivity contribution is -0.131. The molecule has 0 spiro atoms. The lowest BCUT2D eigenvalue weighted by atomic mass is 10.3. The highest BCUT2D eigenvalue weighted by Gasteiger charge is 2.05. The van der Waals surface area contributed by atoms with E-state index in [1.165, 1.54) is 11.8 Å². The minimum atomic E-state index is -1.19. The number of hydrogen-bond donors (Lipinski definition) is 3. The third-order valence-electron chi connectivity index (χ3n) is 2.80. The number of amides is 2. The molecule has 0 aliphatic carbocycles. The van der Waals surface area contributed by atoms with Gasteiger partial charge in [0.2, 0.25) is 11.8 Å². The minimum Gasteiger partial charge on any atom is -0.478 e. The first-order valence-electron chi connectivity index (χ1n) is 7.18. The number of thioether (sulfide) groups is 1. The van der Waals surface area contributed by atoms with E-state index in [1.54, 1.807) is 48.7 Å². The van der Waals surface area contributed by atoms with Crippen molar-refractivity contribution in [1.82, 2.24) is 4.98 Å². The fraction of sp³-hybridized carbons (Fsp3) is 0.0588. The highest BCUT2D eigenvalue weighted by Crippen LogP contribution is 2.20. The second-order valence-electron chi connectivity index (χ2n) is 4.74. The van der Waals surface area contributed by atoms with E-state index in [-0.39, 0.29) is 11.7 Å². The molecule has 0 aliphatic heterocycles. The van der Waals surface area contributed by atoms with E-state index in [9.17, 15) is 14.4 Å². The van der Waals surface area contributed by atoms with Gasteiger partial charge in [0.15, 0.2) is 0 Å². The third-order valence-corrected chi connectivity index (χ3v) is 3.81. The van der Waals surface area contributed by atoms with Crippen molar-refractivity contribution in [2.24, 2.45) is 0 Å². The van der Waals surface area contributed by atoms with Crippen LogP contribution < -0.4 is 10.6 Å². The van der Waals surface area contributed by atoms with Crippen molar-refractivity contribution in [3.63, 3.8) is 0 Å². The number of aromatic nitrogens is 1. The number of hydrogen-bond acceptors (Lipinski definition) is 5. The van der Waals surface area contributed by atoms with Crippen LogP contribution in [-0.2, 0) is 14.4 Å². The van der Waals surface area contributed by atoms with E-state index in [0.717, 1.165) is 17.0 Å². The second-order valence-corrected chi connectivity index (χ2v) is 5.79. The Hall–Kier alpha value is -3.13. The number of nitrogens with zero attached hydrogens (tertiary/aromatic N) is 1. The van der Waals surface area contributed by atoms with E-state index in [1.807, 2.05) is 0 Å². The number of nitrogens with one attached hydrogen (secondary N) is 2. The summed E-state index contributed by atoms with van der Waals surface area (Å²) in [6.45, 7) is 0. The number of benzene rings is 1. The molecule has 0 saturated heterocycles. The van der Waals surface area contributed by atoms with Crippen LogP contribution in [0.15, 0.2) is 65.7 Å². The molecule has 0 saturated carbocycles. The number of carboxylic acid groups (broad SMARTS) is 1. The molecule has 1 aromatic heterocycles. The van der Waals surface area contributed by atoms with Crippen LogP contribution in [0.25, 0.3) is 0 Å². The normalized spacial score (nSPS) is 10.4. The summed E-state index contributed by atoms with van der Waals surface area (Å²) in [6.07, 6.45) is 3.30. The number of carboxylic acids is 1. The number of anilines is 2. The Bertz CT molecular complexity index is 776. The molecule has 7 nitrogen and oxygen atoms in total. The first-order chi connectivity index (χ1) is 12.0. The van der Waals surface area contributed by atoms with Crippen LogP contribution in [0.3, 0.4) is 0 Å². The van der Waals surface area contributed by atoms with Gasteiger partial charge in [-0.05, 0) is 36.4 Å². The van der Waals surface area contributed by atoms with Crippen LogP contribution in [-0.4, -0.2) is 33.6 Å². The zero-order valence-electron chi connectivity index (χ0n) is 13.0. The monoisotopic (exact) mass is 357 g/mol. The standard InChI is InChI=1S/C17H15N3O4S/c21-15(8-9-17(23)24)19-12-4-6-13(7-5-12)25-11-16(22)20-14-3-1-2-10-18-14/h1-10H,11H2,(H,19,21)(H,23,24)(H,18,20,22)/b9-8+. The lowest BCUT2D eigenvalue weighted by Crippen LogP contribution is -2.14. The number of rotatable bonds is 7. The molecule has 0 unspecified atom stereocenters. The number of carbonyl (C=O) groups is 3. The lowest BCUT2D eigenvalue weighted by Gasteiger charge is -2.06. The molecule has 25 heavy (non-hydrogen) atoms. The van der Waals surface area contributed by atoms with Crippen LogP contribution in [0.5, 0.6) is 0 Å². The van der Waals surface area contributed by atoms with Gasteiger partial charge in [-0.2, -0.15) is 0 Å². The molecular formula is C17H15N3O4S. The van der Waals surface area contributed by atoms with Crippen LogP contribution >= 0.6 is 11.8 Å². The van der Waals surface area contributed by atoms with Crippen molar-refractivity contribution in [2.75, 3.05) is 16.4 Å². The van der Waals surface area contributed by atoms with Gasteiger partial charge in [-0.3, -0.25) is 9.59 Å². The summed E-state index contributed by atoms with van der Waals surface area (Å²) >= 11 is 1.35. The predicted molar refractivity (Wildman–Crippen MR) is 95.4 cm³/mol. The Balaban J connectivity index is 1.81.